The smallest absolute Gasteiger partial charge is 0.118 e. The summed E-state index contributed by atoms with van der Waals surface area (Å²) in [5.74, 6) is 0.779. The van der Waals surface area contributed by atoms with Crippen molar-refractivity contribution >= 4 is 10.8 Å². The van der Waals surface area contributed by atoms with E-state index in [2.05, 4.69) is 0 Å². The van der Waals surface area contributed by atoms with Crippen LogP contribution in [0.4, 0.5) is 0 Å². The second kappa shape index (κ2) is 4.82. The lowest BCUT2D eigenvalue weighted by molar-refractivity contribution is 0.414. The molecule has 0 bridgehead atoms. The first kappa shape index (κ1) is 9.99. The van der Waals surface area contributed by atoms with E-state index < -0.39 is 10.8 Å². The Morgan fingerprint density at radius 3 is 2.38 bits per heavy atom. The Hall–Kier alpha value is -1.09. The van der Waals surface area contributed by atoms with Crippen molar-refractivity contribution in [3.63, 3.8) is 0 Å². The first-order chi connectivity index (χ1) is 6.27. The summed E-state index contributed by atoms with van der Waals surface area (Å²) in [7, 11) is 0.579. The number of benzene rings is 1. The maximum absolute atomic E-state index is 11.4. The Morgan fingerprint density at radius 2 is 1.92 bits per heavy atom. The van der Waals surface area contributed by atoms with Crippen molar-refractivity contribution in [1.29, 1.82) is 0 Å². The molecule has 1 atom stereocenters. The van der Waals surface area contributed by atoms with E-state index in [1.165, 1.54) is 0 Å². The van der Waals surface area contributed by atoms with Gasteiger partial charge < -0.3 is 4.74 Å². The Balaban J connectivity index is 2.85. The molecule has 0 N–H and O–H groups in total. The predicted octanol–water partition coefficient (Wildman–Crippen LogP) is 2.34. The number of rotatable bonds is 3. The van der Waals surface area contributed by atoms with E-state index in [0.717, 1.165) is 10.6 Å². The van der Waals surface area contributed by atoms with Gasteiger partial charge >= 0.3 is 0 Å². The van der Waals surface area contributed by atoms with Crippen LogP contribution in [0.5, 0.6) is 5.75 Å². The topological polar surface area (TPSA) is 26.3 Å². The van der Waals surface area contributed by atoms with Gasteiger partial charge in [0.05, 0.1) is 17.9 Å². The molecular weight excluding hydrogens is 184 g/mol. The second-order valence-electron chi connectivity index (χ2n) is 2.44. The molecule has 0 radical (unpaired) electrons. The largest absolute Gasteiger partial charge is 0.497 e. The van der Waals surface area contributed by atoms with Crippen molar-refractivity contribution in [2.45, 2.75) is 11.8 Å². The van der Waals surface area contributed by atoms with Crippen LogP contribution in [0.25, 0.3) is 0 Å². The zero-order valence-electron chi connectivity index (χ0n) is 7.69. The lowest BCUT2D eigenvalue weighted by atomic mass is 10.3. The van der Waals surface area contributed by atoms with Gasteiger partial charge in [-0.25, -0.2) is 4.21 Å². The molecule has 1 unspecified atom stereocenters. The van der Waals surface area contributed by atoms with E-state index in [4.69, 9.17) is 4.74 Å². The summed E-state index contributed by atoms with van der Waals surface area (Å²) in [6, 6.07) is 7.21. The molecule has 0 heterocycles. The van der Waals surface area contributed by atoms with Gasteiger partial charge in [0.2, 0.25) is 0 Å². The average molecular weight is 196 g/mol. The summed E-state index contributed by atoms with van der Waals surface area (Å²) < 4.78 is 16.4. The number of hydrogen-bond donors (Lipinski definition) is 0. The van der Waals surface area contributed by atoms with Gasteiger partial charge in [0.15, 0.2) is 0 Å². The minimum absolute atomic E-state index is 0.779. The van der Waals surface area contributed by atoms with Gasteiger partial charge in [-0.05, 0) is 31.2 Å². The molecule has 1 aromatic carbocycles. The van der Waals surface area contributed by atoms with Crippen LogP contribution in [0.2, 0.25) is 0 Å². The van der Waals surface area contributed by atoms with Crippen molar-refractivity contribution in [3.05, 3.63) is 35.7 Å². The molecule has 0 aliphatic heterocycles. The Morgan fingerprint density at radius 1 is 1.31 bits per heavy atom. The van der Waals surface area contributed by atoms with E-state index in [1.54, 1.807) is 42.9 Å². The predicted molar refractivity (Wildman–Crippen MR) is 54.2 cm³/mol. The highest BCUT2D eigenvalue weighted by Gasteiger charge is 1.98. The molecule has 0 saturated heterocycles. The molecule has 0 fully saturated rings. The minimum Gasteiger partial charge on any atom is -0.497 e. The van der Waals surface area contributed by atoms with Crippen LogP contribution < -0.4 is 4.74 Å². The summed E-state index contributed by atoms with van der Waals surface area (Å²) in [5.41, 5.74) is 0. The first-order valence-electron chi connectivity index (χ1n) is 3.95. The van der Waals surface area contributed by atoms with Crippen molar-refractivity contribution in [3.8, 4) is 5.75 Å². The van der Waals surface area contributed by atoms with Crippen LogP contribution in [0, 0.1) is 0 Å². The van der Waals surface area contributed by atoms with Gasteiger partial charge in [0.1, 0.15) is 5.75 Å². The molecule has 0 aromatic heterocycles. The molecule has 0 spiro atoms. The van der Waals surface area contributed by atoms with Crippen molar-refractivity contribution in [1.82, 2.24) is 0 Å². The van der Waals surface area contributed by atoms with Gasteiger partial charge in [0, 0.05) is 10.3 Å². The fourth-order valence-electron chi connectivity index (χ4n) is 0.912. The number of ether oxygens (including phenoxy) is 1. The van der Waals surface area contributed by atoms with Gasteiger partial charge in [-0.15, -0.1) is 0 Å². The summed E-state index contributed by atoms with van der Waals surface area (Å²) >= 11 is 0. The number of methoxy groups -OCH3 is 1. The van der Waals surface area contributed by atoms with E-state index in [9.17, 15) is 4.21 Å². The van der Waals surface area contributed by atoms with Crippen LogP contribution in [-0.2, 0) is 10.8 Å². The second-order valence-corrected chi connectivity index (χ2v) is 3.78. The summed E-state index contributed by atoms with van der Waals surface area (Å²) in [4.78, 5) is 0.791. The molecule has 0 aliphatic carbocycles. The fraction of sp³-hybridized carbons (Fsp3) is 0.200. The van der Waals surface area contributed by atoms with Gasteiger partial charge in [-0.3, -0.25) is 0 Å². The molecule has 0 saturated carbocycles. The SMILES string of the molecule is C/C=C\S(=O)c1ccc(OC)cc1. The number of allylic oxidation sites excluding steroid dienone is 1. The van der Waals surface area contributed by atoms with Crippen LogP contribution in [0.3, 0.4) is 0 Å². The van der Waals surface area contributed by atoms with E-state index >= 15 is 0 Å². The van der Waals surface area contributed by atoms with Crippen molar-refractivity contribution in [2.75, 3.05) is 7.11 Å². The Labute approximate surface area is 80.7 Å². The normalized spacial score (nSPS) is 13.1. The van der Waals surface area contributed by atoms with Crippen molar-refractivity contribution < 1.29 is 8.95 Å². The quantitative estimate of drug-likeness (QED) is 0.741. The van der Waals surface area contributed by atoms with Gasteiger partial charge in [-0.2, -0.15) is 0 Å². The molecule has 0 aliphatic rings. The molecule has 1 aromatic rings. The Kier molecular flexibility index (Phi) is 3.71. The van der Waals surface area contributed by atoms with E-state index in [1.807, 2.05) is 6.92 Å². The monoisotopic (exact) mass is 196 g/mol. The molecule has 3 heteroatoms. The maximum atomic E-state index is 11.4. The highest BCUT2D eigenvalue weighted by molar-refractivity contribution is 7.88. The van der Waals surface area contributed by atoms with Crippen LogP contribution >= 0.6 is 0 Å². The lowest BCUT2D eigenvalue weighted by Crippen LogP contribution is -1.87. The third-order valence-electron chi connectivity index (χ3n) is 1.55. The Bertz CT molecular complexity index is 314. The minimum atomic E-state index is -1.03. The van der Waals surface area contributed by atoms with Crippen LogP contribution in [0.1, 0.15) is 6.92 Å². The van der Waals surface area contributed by atoms with Gasteiger partial charge in [0.25, 0.3) is 0 Å². The zero-order valence-corrected chi connectivity index (χ0v) is 8.51. The zero-order chi connectivity index (χ0) is 9.68. The van der Waals surface area contributed by atoms with Crippen LogP contribution in [-0.4, -0.2) is 11.3 Å². The molecule has 2 nitrogen and oxygen atoms in total. The summed E-state index contributed by atoms with van der Waals surface area (Å²) in [6.45, 7) is 1.85. The summed E-state index contributed by atoms with van der Waals surface area (Å²) in [6.07, 6.45) is 1.78. The maximum Gasteiger partial charge on any atom is 0.118 e. The third-order valence-corrected chi connectivity index (χ3v) is 2.81. The standard InChI is InChI=1S/C10H12O2S/c1-3-8-13(11)10-6-4-9(12-2)5-7-10/h3-8H,1-2H3/b8-3-. The first-order valence-corrected chi connectivity index (χ1v) is 5.16. The van der Waals surface area contributed by atoms with E-state index in [-0.39, 0.29) is 0 Å². The molecule has 70 valence electrons. The molecule has 1 rings (SSSR count). The third kappa shape index (κ3) is 2.70. The fourth-order valence-corrected chi connectivity index (χ4v) is 1.72. The molecule has 13 heavy (non-hydrogen) atoms. The highest BCUT2D eigenvalue weighted by Crippen LogP contribution is 2.14. The van der Waals surface area contributed by atoms with Crippen molar-refractivity contribution in [2.24, 2.45) is 0 Å². The summed E-state index contributed by atoms with van der Waals surface area (Å²) in [5, 5.41) is 1.65. The average Bonchev–Trinajstić information content (AvgIpc) is 2.18. The van der Waals surface area contributed by atoms with Gasteiger partial charge in [-0.1, -0.05) is 6.08 Å². The number of hydrogen-bond acceptors (Lipinski definition) is 2. The molecular formula is C10H12O2S. The highest BCUT2D eigenvalue weighted by atomic mass is 32.2. The van der Waals surface area contributed by atoms with E-state index in [0.29, 0.717) is 0 Å². The van der Waals surface area contributed by atoms with Crippen LogP contribution in [0.15, 0.2) is 40.6 Å². The molecule has 0 amide bonds. The lowest BCUT2D eigenvalue weighted by Gasteiger charge is -1.99.